The predicted molar refractivity (Wildman–Crippen MR) is 82.0 cm³/mol. The molecule has 0 bridgehead atoms. The Morgan fingerprint density at radius 3 is 1.16 bits per heavy atom. The lowest BCUT2D eigenvalue weighted by Crippen LogP contribution is -2.76. The van der Waals surface area contributed by atoms with E-state index in [1.165, 1.54) is 0 Å². The van der Waals surface area contributed by atoms with Gasteiger partial charge in [-0.1, -0.05) is 0 Å². The number of halogens is 19. The normalized spacial score (nSPS) is 16.1. The highest BCUT2D eigenvalue weighted by Crippen LogP contribution is 2.65. The molecule has 23 heteroatoms. The second kappa shape index (κ2) is 9.61. The van der Waals surface area contributed by atoms with Crippen molar-refractivity contribution >= 4 is 5.91 Å². The number of nitrogens with one attached hydrogen (secondary N) is 1. The number of carbonyl (C=O) groups excluding carboxylic acids is 1. The number of nitrogens with zero attached hydrogens (tertiary/aromatic N) is 1. The van der Waals surface area contributed by atoms with Gasteiger partial charge in [0.1, 0.15) is 6.54 Å². The maximum atomic E-state index is 13.7. The van der Waals surface area contributed by atoms with Gasteiger partial charge in [0.15, 0.2) is 0 Å². The summed E-state index contributed by atoms with van der Waals surface area (Å²) in [6.07, 6.45) is -8.59. The maximum absolute atomic E-state index is 13.7. The van der Waals surface area contributed by atoms with Crippen molar-refractivity contribution < 1.29 is 98.1 Å². The molecule has 1 amide bonds. The minimum Gasteiger partial charge on any atom is -0.350 e. The fourth-order valence-electron chi connectivity index (χ4n) is 2.28. The van der Waals surface area contributed by atoms with Crippen LogP contribution in [-0.2, 0) is 4.79 Å². The van der Waals surface area contributed by atoms with Crippen molar-refractivity contribution in [2.45, 2.75) is 60.0 Å². The molecule has 0 aromatic rings. The standard InChI is InChI=1S/C15H13F19N2O2/c1-36(2,38)5-3-4-35-6(37)7(16,17)8(18,19)9(20,21)10(22,23)11(24,25)12(26,27)13(28,29)14(30,31)15(32,33)34/h38H,3-5H2,1-2H3/p+1. The van der Waals surface area contributed by atoms with Gasteiger partial charge in [-0.3, -0.25) is 4.79 Å². The lowest BCUT2D eigenvalue weighted by molar-refractivity contribution is -1.07. The molecular formula is C15H14F19N2O2+. The zero-order chi connectivity index (χ0) is 31.4. The zero-order valence-corrected chi connectivity index (χ0v) is 18.1. The average molecular weight is 615 g/mol. The molecule has 4 nitrogen and oxygen atoms in total. The Kier molecular flexibility index (Phi) is 9.12. The van der Waals surface area contributed by atoms with Crippen LogP contribution in [0.1, 0.15) is 6.42 Å². The summed E-state index contributed by atoms with van der Waals surface area (Å²) in [7, 11) is 2.02. The van der Waals surface area contributed by atoms with E-state index in [-0.39, 0.29) is 0 Å². The Morgan fingerprint density at radius 2 is 0.868 bits per heavy atom. The molecule has 0 atom stereocenters. The van der Waals surface area contributed by atoms with Crippen LogP contribution in [0.5, 0.6) is 0 Å². The monoisotopic (exact) mass is 615 g/mol. The Hall–Kier alpha value is -1.94. The van der Waals surface area contributed by atoms with Crippen LogP contribution < -0.4 is 5.32 Å². The number of amides is 1. The molecule has 0 fully saturated rings. The number of rotatable bonds is 12. The predicted octanol–water partition coefficient (Wildman–Crippen LogP) is 5.60. The maximum Gasteiger partial charge on any atom is 0.460 e. The van der Waals surface area contributed by atoms with Gasteiger partial charge in [-0.2, -0.15) is 88.1 Å². The number of alkyl halides is 19. The largest absolute Gasteiger partial charge is 0.460 e. The van der Waals surface area contributed by atoms with Gasteiger partial charge in [0.25, 0.3) is 5.91 Å². The van der Waals surface area contributed by atoms with Crippen LogP contribution in [0.15, 0.2) is 0 Å². The summed E-state index contributed by atoms with van der Waals surface area (Å²) in [5, 5.41) is 9.95. The van der Waals surface area contributed by atoms with Crippen molar-refractivity contribution in [1.29, 1.82) is 0 Å². The van der Waals surface area contributed by atoms with E-state index in [0.717, 1.165) is 14.1 Å². The van der Waals surface area contributed by atoms with Gasteiger partial charge in [0.05, 0.1) is 14.1 Å². The zero-order valence-electron chi connectivity index (χ0n) is 18.1. The Morgan fingerprint density at radius 1 is 0.579 bits per heavy atom. The van der Waals surface area contributed by atoms with Gasteiger partial charge in [-0.05, 0) is 0 Å². The number of carbonyl (C=O) groups is 1. The highest BCUT2D eigenvalue weighted by Gasteiger charge is 2.97. The van der Waals surface area contributed by atoms with E-state index in [1.807, 2.05) is 0 Å². The number of hydroxylamine groups is 3. The van der Waals surface area contributed by atoms with Crippen molar-refractivity contribution in [1.82, 2.24) is 5.32 Å². The summed E-state index contributed by atoms with van der Waals surface area (Å²) in [6, 6.07) is 0. The van der Waals surface area contributed by atoms with E-state index in [4.69, 9.17) is 0 Å². The molecule has 0 aromatic carbocycles. The highest BCUT2D eigenvalue weighted by atomic mass is 19.4. The molecule has 0 aliphatic rings. The van der Waals surface area contributed by atoms with E-state index < -0.39 is 83.6 Å². The summed E-state index contributed by atoms with van der Waals surface area (Å²) in [5.41, 5.74) is 0. The lowest BCUT2D eigenvalue weighted by atomic mass is 9.87. The topological polar surface area (TPSA) is 49.3 Å². The van der Waals surface area contributed by atoms with Crippen LogP contribution in [0.2, 0.25) is 0 Å². The number of quaternary nitrogens is 1. The van der Waals surface area contributed by atoms with E-state index >= 15 is 0 Å². The van der Waals surface area contributed by atoms with Gasteiger partial charge >= 0.3 is 53.6 Å². The average Bonchev–Trinajstić information content (AvgIpc) is 2.68. The molecule has 0 aliphatic carbocycles. The van der Waals surface area contributed by atoms with Gasteiger partial charge in [0, 0.05) is 13.0 Å². The smallest absolute Gasteiger partial charge is 0.350 e. The number of hydrogen-bond donors (Lipinski definition) is 2. The Balaban J connectivity index is 6.55. The molecule has 0 heterocycles. The molecule has 0 rings (SSSR count). The molecule has 0 aliphatic heterocycles. The van der Waals surface area contributed by atoms with Gasteiger partial charge in [-0.25, -0.2) is 5.21 Å². The lowest BCUT2D eigenvalue weighted by Gasteiger charge is -2.43. The fraction of sp³-hybridized carbons (Fsp3) is 0.933. The fourth-order valence-corrected chi connectivity index (χ4v) is 2.28. The molecule has 0 saturated carbocycles. The quantitative estimate of drug-likeness (QED) is 0.130. The van der Waals surface area contributed by atoms with Crippen LogP contribution in [0.3, 0.4) is 0 Å². The van der Waals surface area contributed by atoms with Crippen molar-refractivity contribution in [3.05, 3.63) is 0 Å². The first-order valence-corrected chi connectivity index (χ1v) is 9.06. The van der Waals surface area contributed by atoms with Crippen LogP contribution in [0, 0.1) is 0 Å². The molecule has 0 aromatic heterocycles. The summed E-state index contributed by atoms with van der Waals surface area (Å²) < 4.78 is 250. The Labute approximate surface area is 197 Å². The first kappa shape index (κ1) is 36.1. The molecule has 38 heavy (non-hydrogen) atoms. The molecular weight excluding hydrogens is 601 g/mol. The SMILES string of the molecule is C[N+](C)(O)CCCNC(=O)C(F)(F)C(F)(F)C(F)(F)C(F)(F)C(F)(F)C(F)(F)C(F)(F)C(F)(F)C(F)(F)F. The molecule has 0 spiro atoms. The summed E-state index contributed by atoms with van der Waals surface area (Å²) >= 11 is 0. The summed E-state index contributed by atoms with van der Waals surface area (Å²) in [6.45, 7) is -1.73. The molecule has 0 radical (unpaired) electrons. The molecule has 0 saturated heterocycles. The third-order valence-electron chi connectivity index (χ3n) is 4.57. The van der Waals surface area contributed by atoms with E-state index in [2.05, 4.69) is 0 Å². The minimum atomic E-state index is -9.04. The van der Waals surface area contributed by atoms with Crippen molar-refractivity contribution in [2.24, 2.45) is 0 Å². The van der Waals surface area contributed by atoms with E-state index in [9.17, 15) is 93.4 Å². The second-order valence-corrected chi connectivity index (χ2v) is 8.05. The van der Waals surface area contributed by atoms with Crippen molar-refractivity contribution in [3.63, 3.8) is 0 Å². The van der Waals surface area contributed by atoms with Crippen LogP contribution in [0.25, 0.3) is 0 Å². The van der Waals surface area contributed by atoms with E-state index in [0.29, 0.717) is 5.32 Å². The van der Waals surface area contributed by atoms with Gasteiger partial charge in [0.2, 0.25) is 0 Å². The first-order valence-electron chi connectivity index (χ1n) is 9.06. The first-order chi connectivity index (χ1) is 16.1. The molecule has 0 unspecified atom stereocenters. The van der Waals surface area contributed by atoms with Crippen LogP contribution in [-0.4, -0.2) is 96.5 Å². The van der Waals surface area contributed by atoms with Gasteiger partial charge < -0.3 is 5.32 Å². The highest BCUT2D eigenvalue weighted by molar-refractivity contribution is 5.84. The second-order valence-electron chi connectivity index (χ2n) is 8.05. The Bertz CT molecular complexity index is 859. The molecule has 2 N–H and O–H groups in total. The third-order valence-corrected chi connectivity index (χ3v) is 4.57. The molecule has 228 valence electrons. The van der Waals surface area contributed by atoms with Crippen LogP contribution >= 0.6 is 0 Å². The van der Waals surface area contributed by atoms with Crippen molar-refractivity contribution in [2.75, 3.05) is 27.2 Å². The summed E-state index contributed by atoms with van der Waals surface area (Å²) in [4.78, 5) is 11.2. The summed E-state index contributed by atoms with van der Waals surface area (Å²) in [5.74, 6) is -72.0. The van der Waals surface area contributed by atoms with Crippen molar-refractivity contribution in [3.8, 4) is 0 Å². The minimum absolute atomic E-state index is 0.492. The van der Waals surface area contributed by atoms with E-state index in [1.54, 1.807) is 0 Å². The third kappa shape index (κ3) is 5.27. The van der Waals surface area contributed by atoms with Crippen LogP contribution in [0.4, 0.5) is 83.4 Å². The number of hydrogen-bond acceptors (Lipinski definition) is 2. The van der Waals surface area contributed by atoms with Gasteiger partial charge in [-0.15, -0.1) is 0 Å².